The van der Waals surface area contributed by atoms with Crippen molar-refractivity contribution in [3.8, 4) is 17.1 Å². The second-order valence-electron chi connectivity index (χ2n) is 8.14. The summed E-state index contributed by atoms with van der Waals surface area (Å²) in [5.74, 6) is 2.53. The van der Waals surface area contributed by atoms with Crippen molar-refractivity contribution in [2.24, 2.45) is 0 Å². The lowest BCUT2D eigenvalue weighted by molar-refractivity contribution is -0.123. The Morgan fingerprint density at radius 1 is 1.14 bits per heavy atom. The average molecular weight is 399 g/mol. The summed E-state index contributed by atoms with van der Waals surface area (Å²) in [6.07, 6.45) is 7.89. The molecule has 7 nitrogen and oxygen atoms in total. The third-order valence-corrected chi connectivity index (χ3v) is 6.06. The summed E-state index contributed by atoms with van der Waals surface area (Å²) in [6.45, 7) is 2.25. The molecule has 2 aliphatic rings. The standard InChI is InChI=1S/C22H30N4O3/c1-28-19-9-7-16(8-10-19)21-24-22(29-25-21)17-11-13-26(14-12-17)15-20(27)23-18-5-3-2-4-6-18/h7-10,17-18H,2-6,11-15H2,1H3,(H,23,27). The van der Waals surface area contributed by atoms with Crippen LogP contribution in [0.4, 0.5) is 0 Å². The van der Waals surface area contributed by atoms with Crippen LogP contribution in [-0.2, 0) is 4.79 Å². The number of carbonyl (C=O) groups excluding carboxylic acids is 1. The van der Waals surface area contributed by atoms with E-state index in [-0.39, 0.29) is 11.8 Å². The van der Waals surface area contributed by atoms with Crippen LogP contribution >= 0.6 is 0 Å². The lowest BCUT2D eigenvalue weighted by Crippen LogP contribution is -2.44. The molecule has 1 amide bonds. The van der Waals surface area contributed by atoms with Gasteiger partial charge in [-0.2, -0.15) is 4.98 Å². The number of piperidine rings is 1. The third-order valence-electron chi connectivity index (χ3n) is 6.06. The first-order valence-corrected chi connectivity index (χ1v) is 10.7. The van der Waals surface area contributed by atoms with Crippen LogP contribution < -0.4 is 10.1 Å². The lowest BCUT2D eigenvalue weighted by Gasteiger charge is -2.30. The minimum atomic E-state index is 0.162. The van der Waals surface area contributed by atoms with E-state index in [1.54, 1.807) is 7.11 Å². The van der Waals surface area contributed by atoms with Crippen molar-refractivity contribution in [3.63, 3.8) is 0 Å². The van der Waals surface area contributed by atoms with Crippen LogP contribution in [0, 0.1) is 0 Å². The zero-order chi connectivity index (χ0) is 20.1. The Morgan fingerprint density at radius 3 is 2.55 bits per heavy atom. The number of nitrogens with zero attached hydrogens (tertiary/aromatic N) is 3. The largest absolute Gasteiger partial charge is 0.497 e. The van der Waals surface area contributed by atoms with E-state index in [2.05, 4.69) is 20.4 Å². The Bertz CT molecular complexity index is 791. The molecular formula is C22H30N4O3. The molecule has 4 rings (SSSR count). The lowest BCUT2D eigenvalue weighted by atomic mass is 9.95. The van der Waals surface area contributed by atoms with Gasteiger partial charge in [0.1, 0.15) is 5.75 Å². The molecule has 1 saturated carbocycles. The van der Waals surface area contributed by atoms with Gasteiger partial charge in [-0.25, -0.2) is 0 Å². The normalized spacial score (nSPS) is 19.2. The van der Waals surface area contributed by atoms with Gasteiger partial charge in [0.15, 0.2) is 0 Å². The Labute approximate surface area is 171 Å². The van der Waals surface area contributed by atoms with E-state index >= 15 is 0 Å². The van der Waals surface area contributed by atoms with Gasteiger partial charge in [-0.3, -0.25) is 9.69 Å². The summed E-state index contributed by atoms with van der Waals surface area (Å²) in [5.41, 5.74) is 0.914. The first kappa shape index (κ1) is 19.9. The maximum atomic E-state index is 12.3. The van der Waals surface area contributed by atoms with Crippen LogP contribution in [0.2, 0.25) is 0 Å². The van der Waals surface area contributed by atoms with E-state index in [9.17, 15) is 4.79 Å². The number of nitrogens with one attached hydrogen (secondary N) is 1. The second-order valence-corrected chi connectivity index (χ2v) is 8.14. The minimum Gasteiger partial charge on any atom is -0.497 e. The molecule has 2 heterocycles. The average Bonchev–Trinajstić information content (AvgIpc) is 3.25. The molecule has 0 unspecified atom stereocenters. The van der Waals surface area contributed by atoms with Gasteiger partial charge in [-0.1, -0.05) is 24.4 Å². The molecule has 0 bridgehead atoms. The van der Waals surface area contributed by atoms with Crippen molar-refractivity contribution in [3.05, 3.63) is 30.2 Å². The highest BCUT2D eigenvalue weighted by Crippen LogP contribution is 2.29. The number of aromatic nitrogens is 2. The van der Waals surface area contributed by atoms with Gasteiger partial charge in [-0.05, 0) is 63.0 Å². The Balaban J connectivity index is 1.26. The maximum absolute atomic E-state index is 12.3. The zero-order valence-corrected chi connectivity index (χ0v) is 17.1. The molecule has 1 aliphatic carbocycles. The molecule has 29 heavy (non-hydrogen) atoms. The molecule has 0 spiro atoms. The highest BCUT2D eigenvalue weighted by molar-refractivity contribution is 5.78. The highest BCUT2D eigenvalue weighted by atomic mass is 16.5. The molecule has 1 saturated heterocycles. The van der Waals surface area contributed by atoms with Crippen molar-refractivity contribution in [1.29, 1.82) is 0 Å². The van der Waals surface area contributed by atoms with Gasteiger partial charge in [-0.15, -0.1) is 0 Å². The number of likely N-dealkylation sites (tertiary alicyclic amines) is 1. The number of hydrogen-bond acceptors (Lipinski definition) is 6. The second kappa shape index (κ2) is 9.39. The molecule has 1 aromatic heterocycles. The molecule has 0 radical (unpaired) electrons. The smallest absolute Gasteiger partial charge is 0.234 e. The Morgan fingerprint density at radius 2 is 1.86 bits per heavy atom. The number of ether oxygens (including phenoxy) is 1. The van der Waals surface area contributed by atoms with Gasteiger partial charge in [0, 0.05) is 17.5 Å². The quantitative estimate of drug-likeness (QED) is 0.804. The van der Waals surface area contributed by atoms with Gasteiger partial charge < -0.3 is 14.6 Å². The van der Waals surface area contributed by atoms with Crippen LogP contribution in [0.5, 0.6) is 5.75 Å². The van der Waals surface area contributed by atoms with Crippen molar-refractivity contribution >= 4 is 5.91 Å². The van der Waals surface area contributed by atoms with Crippen molar-refractivity contribution in [2.75, 3.05) is 26.7 Å². The van der Waals surface area contributed by atoms with E-state index in [0.29, 0.717) is 24.3 Å². The summed E-state index contributed by atoms with van der Waals surface area (Å²) >= 11 is 0. The summed E-state index contributed by atoms with van der Waals surface area (Å²) < 4.78 is 10.7. The Kier molecular flexibility index (Phi) is 6.44. The number of rotatable bonds is 6. The van der Waals surface area contributed by atoms with Crippen LogP contribution in [0.15, 0.2) is 28.8 Å². The summed E-state index contributed by atoms with van der Waals surface area (Å²) in [4.78, 5) is 19.2. The highest BCUT2D eigenvalue weighted by Gasteiger charge is 2.27. The predicted octanol–water partition coefficient (Wildman–Crippen LogP) is 3.37. The number of benzene rings is 1. The van der Waals surface area contributed by atoms with E-state index in [4.69, 9.17) is 9.26 Å². The molecule has 2 aromatic rings. The monoisotopic (exact) mass is 398 g/mol. The maximum Gasteiger partial charge on any atom is 0.234 e. The molecule has 0 atom stereocenters. The van der Waals surface area contributed by atoms with Gasteiger partial charge in [0.25, 0.3) is 0 Å². The molecule has 1 aliphatic heterocycles. The number of methoxy groups -OCH3 is 1. The van der Waals surface area contributed by atoms with Gasteiger partial charge >= 0.3 is 0 Å². The molecule has 1 aromatic carbocycles. The topological polar surface area (TPSA) is 80.5 Å². The molecular weight excluding hydrogens is 368 g/mol. The SMILES string of the molecule is COc1ccc(-c2noc(C3CCN(CC(=O)NC4CCCCC4)CC3)n2)cc1. The van der Waals surface area contributed by atoms with Gasteiger partial charge in [0.05, 0.1) is 13.7 Å². The van der Waals surface area contributed by atoms with Crippen LogP contribution in [-0.4, -0.2) is 53.7 Å². The summed E-state index contributed by atoms with van der Waals surface area (Å²) in [6, 6.07) is 8.02. The zero-order valence-electron chi connectivity index (χ0n) is 17.1. The molecule has 7 heteroatoms. The summed E-state index contributed by atoms with van der Waals surface area (Å²) in [5, 5.41) is 7.35. The minimum absolute atomic E-state index is 0.162. The fourth-order valence-corrected chi connectivity index (χ4v) is 4.32. The molecule has 2 fully saturated rings. The molecule has 156 valence electrons. The van der Waals surface area contributed by atoms with Crippen molar-refractivity contribution in [2.45, 2.75) is 56.9 Å². The number of carbonyl (C=O) groups is 1. The predicted molar refractivity (Wildman–Crippen MR) is 110 cm³/mol. The van der Waals surface area contributed by atoms with Crippen molar-refractivity contribution < 1.29 is 14.1 Å². The first-order valence-electron chi connectivity index (χ1n) is 10.7. The summed E-state index contributed by atoms with van der Waals surface area (Å²) in [7, 11) is 1.65. The van der Waals surface area contributed by atoms with Gasteiger partial charge in [0.2, 0.25) is 17.6 Å². The number of amides is 1. The van der Waals surface area contributed by atoms with Crippen molar-refractivity contribution in [1.82, 2.24) is 20.4 Å². The fraction of sp³-hybridized carbons (Fsp3) is 0.591. The third kappa shape index (κ3) is 5.15. The van der Waals surface area contributed by atoms with E-state index in [1.165, 1.54) is 19.3 Å². The number of hydrogen-bond donors (Lipinski definition) is 1. The van der Waals surface area contributed by atoms with E-state index < -0.39 is 0 Å². The Hall–Kier alpha value is -2.41. The van der Waals surface area contributed by atoms with Crippen LogP contribution in [0.1, 0.15) is 56.8 Å². The fourth-order valence-electron chi connectivity index (χ4n) is 4.32. The van der Waals surface area contributed by atoms with Crippen LogP contribution in [0.3, 0.4) is 0 Å². The molecule has 1 N–H and O–H groups in total. The first-order chi connectivity index (χ1) is 14.2. The van der Waals surface area contributed by atoms with E-state index in [0.717, 1.165) is 50.1 Å². The van der Waals surface area contributed by atoms with Crippen LogP contribution in [0.25, 0.3) is 11.4 Å². The van der Waals surface area contributed by atoms with E-state index in [1.807, 2.05) is 24.3 Å².